The predicted octanol–water partition coefficient (Wildman–Crippen LogP) is 1.21. The first kappa shape index (κ1) is 13.9. The summed E-state index contributed by atoms with van der Waals surface area (Å²) in [5, 5.41) is 7.24. The standard InChI is InChI=1S/C15H19N3O3/c1-3-21-15(20)14-11-7-9(8-12(11)18(2)17-14)6-10-4-5-13(19)16-10/h8,10H,3-7H2,1-2H3,(H,16,19)/t10-/m0/s1. The largest absolute Gasteiger partial charge is 0.461 e. The smallest absolute Gasteiger partial charge is 0.359 e. The molecule has 1 saturated heterocycles. The summed E-state index contributed by atoms with van der Waals surface area (Å²) in [5.74, 6) is -0.233. The van der Waals surface area contributed by atoms with Crippen LogP contribution in [0.4, 0.5) is 0 Å². The van der Waals surface area contributed by atoms with Gasteiger partial charge in [0.2, 0.25) is 5.91 Å². The molecule has 0 saturated carbocycles. The van der Waals surface area contributed by atoms with Crippen molar-refractivity contribution < 1.29 is 14.3 Å². The van der Waals surface area contributed by atoms with Gasteiger partial charge in [-0.1, -0.05) is 5.57 Å². The zero-order valence-corrected chi connectivity index (χ0v) is 12.3. The molecule has 112 valence electrons. The van der Waals surface area contributed by atoms with Gasteiger partial charge in [0.05, 0.1) is 12.3 Å². The molecule has 1 atom stereocenters. The number of fused-ring (bicyclic) bond motifs is 1. The van der Waals surface area contributed by atoms with Crippen LogP contribution in [0.1, 0.15) is 47.9 Å². The molecule has 2 heterocycles. The van der Waals surface area contributed by atoms with Gasteiger partial charge in [0.15, 0.2) is 5.69 Å². The lowest BCUT2D eigenvalue weighted by Gasteiger charge is -2.10. The Morgan fingerprint density at radius 3 is 3.05 bits per heavy atom. The molecule has 21 heavy (non-hydrogen) atoms. The topological polar surface area (TPSA) is 73.2 Å². The van der Waals surface area contributed by atoms with Crippen LogP contribution in [0.25, 0.3) is 6.08 Å². The van der Waals surface area contributed by atoms with Crippen molar-refractivity contribution in [2.45, 2.75) is 38.6 Å². The molecule has 1 N–H and O–H groups in total. The van der Waals surface area contributed by atoms with E-state index in [9.17, 15) is 9.59 Å². The van der Waals surface area contributed by atoms with Crippen molar-refractivity contribution in [1.29, 1.82) is 0 Å². The minimum absolute atomic E-state index is 0.130. The van der Waals surface area contributed by atoms with Gasteiger partial charge in [0.25, 0.3) is 0 Å². The number of ether oxygens (including phenoxy) is 1. The Bertz CT molecular complexity index is 630. The Balaban J connectivity index is 1.75. The van der Waals surface area contributed by atoms with Crippen molar-refractivity contribution in [1.82, 2.24) is 15.1 Å². The molecule has 0 bridgehead atoms. The molecular formula is C15H19N3O3. The molecule has 0 radical (unpaired) electrons. The van der Waals surface area contributed by atoms with Crippen molar-refractivity contribution in [3.8, 4) is 0 Å². The van der Waals surface area contributed by atoms with Crippen LogP contribution in [0.2, 0.25) is 0 Å². The number of amides is 1. The Morgan fingerprint density at radius 2 is 2.38 bits per heavy atom. The Kier molecular flexibility index (Phi) is 3.53. The van der Waals surface area contributed by atoms with E-state index < -0.39 is 0 Å². The first-order chi connectivity index (χ1) is 10.1. The molecule has 2 aliphatic rings. The molecular weight excluding hydrogens is 270 g/mol. The van der Waals surface area contributed by atoms with Gasteiger partial charge in [0.1, 0.15) is 0 Å². The van der Waals surface area contributed by atoms with Crippen molar-refractivity contribution in [2.75, 3.05) is 6.61 Å². The van der Waals surface area contributed by atoms with E-state index in [2.05, 4.69) is 16.5 Å². The van der Waals surface area contributed by atoms with Crippen molar-refractivity contribution in [3.63, 3.8) is 0 Å². The SMILES string of the molecule is CCOC(=O)c1nn(C)c2c1CC(C[C@@H]1CCC(=O)N1)=C2. The monoisotopic (exact) mass is 289 g/mol. The van der Waals surface area contributed by atoms with E-state index in [0.717, 1.165) is 24.1 Å². The van der Waals surface area contributed by atoms with Gasteiger partial charge >= 0.3 is 5.97 Å². The Labute approximate surface area is 123 Å². The van der Waals surface area contributed by atoms with E-state index in [0.29, 0.717) is 25.1 Å². The van der Waals surface area contributed by atoms with Crippen molar-refractivity contribution in [2.24, 2.45) is 7.05 Å². The maximum Gasteiger partial charge on any atom is 0.359 e. The van der Waals surface area contributed by atoms with Crippen LogP contribution in [-0.4, -0.2) is 34.3 Å². The van der Waals surface area contributed by atoms with Gasteiger partial charge < -0.3 is 10.1 Å². The second-order valence-corrected chi connectivity index (χ2v) is 5.54. The van der Waals surface area contributed by atoms with Crippen molar-refractivity contribution >= 4 is 18.0 Å². The average molecular weight is 289 g/mol. The third-order valence-corrected chi connectivity index (χ3v) is 4.00. The highest BCUT2D eigenvalue weighted by Gasteiger charge is 2.29. The quantitative estimate of drug-likeness (QED) is 0.845. The summed E-state index contributed by atoms with van der Waals surface area (Å²) in [5.41, 5.74) is 3.56. The molecule has 3 rings (SSSR count). The lowest BCUT2D eigenvalue weighted by Crippen LogP contribution is -2.25. The lowest BCUT2D eigenvalue weighted by molar-refractivity contribution is -0.119. The maximum absolute atomic E-state index is 11.9. The summed E-state index contributed by atoms with van der Waals surface area (Å²) < 4.78 is 6.78. The van der Waals surface area contributed by atoms with Crippen LogP contribution in [0.5, 0.6) is 0 Å². The van der Waals surface area contributed by atoms with Gasteiger partial charge in [0, 0.05) is 25.1 Å². The Morgan fingerprint density at radius 1 is 1.57 bits per heavy atom. The summed E-state index contributed by atoms with van der Waals surface area (Å²) in [4.78, 5) is 23.2. The number of carbonyl (C=O) groups is 2. The summed E-state index contributed by atoms with van der Waals surface area (Å²) in [6.45, 7) is 2.13. The van der Waals surface area contributed by atoms with Crippen LogP contribution >= 0.6 is 0 Å². The highest BCUT2D eigenvalue weighted by Crippen LogP contribution is 2.31. The van der Waals surface area contributed by atoms with Crippen LogP contribution in [-0.2, 0) is 23.0 Å². The minimum atomic E-state index is -0.363. The van der Waals surface area contributed by atoms with Gasteiger partial charge in [-0.15, -0.1) is 0 Å². The van der Waals surface area contributed by atoms with Crippen molar-refractivity contribution in [3.05, 3.63) is 22.5 Å². The van der Waals surface area contributed by atoms with Crippen LogP contribution in [0.3, 0.4) is 0 Å². The Hall–Kier alpha value is -2.11. The normalized spacial score (nSPS) is 20.2. The second kappa shape index (κ2) is 5.35. The molecule has 1 aromatic rings. The zero-order chi connectivity index (χ0) is 15.0. The van der Waals surface area contributed by atoms with E-state index in [1.807, 2.05) is 7.05 Å². The highest BCUT2D eigenvalue weighted by atomic mass is 16.5. The van der Waals surface area contributed by atoms with Crippen LogP contribution in [0, 0.1) is 0 Å². The average Bonchev–Trinajstić information content (AvgIpc) is 3.09. The molecule has 1 aliphatic heterocycles. The van der Waals surface area contributed by atoms with Crippen LogP contribution in [0.15, 0.2) is 5.57 Å². The number of carbonyl (C=O) groups excluding carboxylic acids is 2. The number of esters is 1. The van der Waals surface area contributed by atoms with Gasteiger partial charge in [-0.2, -0.15) is 5.10 Å². The van der Waals surface area contributed by atoms with Crippen LogP contribution < -0.4 is 5.32 Å². The summed E-state index contributed by atoms with van der Waals surface area (Å²) in [6, 6.07) is 0.220. The molecule has 1 aliphatic carbocycles. The molecule has 6 nitrogen and oxygen atoms in total. The molecule has 1 amide bonds. The number of hydrogen-bond donors (Lipinski definition) is 1. The summed E-state index contributed by atoms with van der Waals surface area (Å²) in [6.07, 6.45) is 5.12. The maximum atomic E-state index is 11.9. The fraction of sp³-hybridized carbons (Fsp3) is 0.533. The number of nitrogens with one attached hydrogen (secondary N) is 1. The zero-order valence-electron chi connectivity index (χ0n) is 12.3. The molecule has 0 unspecified atom stereocenters. The highest BCUT2D eigenvalue weighted by molar-refractivity contribution is 5.91. The minimum Gasteiger partial charge on any atom is -0.461 e. The molecule has 1 aromatic heterocycles. The van der Waals surface area contributed by atoms with E-state index in [1.54, 1.807) is 11.6 Å². The number of aromatic nitrogens is 2. The second-order valence-electron chi connectivity index (χ2n) is 5.54. The lowest BCUT2D eigenvalue weighted by atomic mass is 10.0. The number of hydrogen-bond acceptors (Lipinski definition) is 4. The summed E-state index contributed by atoms with van der Waals surface area (Å²) in [7, 11) is 1.83. The molecule has 1 fully saturated rings. The number of aryl methyl sites for hydroxylation is 1. The molecule has 0 spiro atoms. The number of rotatable bonds is 4. The van der Waals surface area contributed by atoms with E-state index in [1.165, 1.54) is 5.57 Å². The first-order valence-electron chi connectivity index (χ1n) is 7.30. The van der Waals surface area contributed by atoms with E-state index in [-0.39, 0.29) is 17.9 Å². The predicted molar refractivity (Wildman–Crippen MR) is 76.6 cm³/mol. The summed E-state index contributed by atoms with van der Waals surface area (Å²) >= 11 is 0. The third kappa shape index (κ3) is 2.57. The fourth-order valence-electron chi connectivity index (χ4n) is 3.05. The molecule has 6 heteroatoms. The van der Waals surface area contributed by atoms with Gasteiger partial charge in [-0.3, -0.25) is 9.48 Å². The van der Waals surface area contributed by atoms with E-state index >= 15 is 0 Å². The first-order valence-corrected chi connectivity index (χ1v) is 7.30. The third-order valence-electron chi connectivity index (χ3n) is 4.00. The fourth-order valence-corrected chi connectivity index (χ4v) is 3.05. The molecule has 0 aromatic carbocycles. The number of nitrogens with zero attached hydrogens (tertiary/aromatic N) is 2. The van der Waals surface area contributed by atoms with Gasteiger partial charge in [-0.25, -0.2) is 4.79 Å². The van der Waals surface area contributed by atoms with E-state index in [4.69, 9.17) is 4.74 Å². The van der Waals surface area contributed by atoms with Gasteiger partial charge in [-0.05, 0) is 32.3 Å².